The number of methoxy groups -OCH3 is 1. The number of carbonyl (C=O) groups excluding carboxylic acids is 1. The molecule has 126 valence electrons. The molecule has 1 amide bonds. The molecule has 0 aromatic heterocycles. The van der Waals surface area contributed by atoms with Crippen molar-refractivity contribution in [2.75, 3.05) is 26.9 Å². The second-order valence-corrected chi connectivity index (χ2v) is 6.52. The second kappa shape index (κ2) is 6.79. The van der Waals surface area contributed by atoms with E-state index in [-0.39, 0.29) is 17.4 Å². The first-order chi connectivity index (χ1) is 11.1. The summed E-state index contributed by atoms with van der Waals surface area (Å²) in [6.45, 7) is 3.83. The predicted octanol–water partition coefficient (Wildman–Crippen LogP) is 2.84. The van der Waals surface area contributed by atoms with Gasteiger partial charge in [0.15, 0.2) is 11.5 Å². The summed E-state index contributed by atoms with van der Waals surface area (Å²) < 4.78 is 16.6. The average molecular weight is 319 g/mol. The van der Waals surface area contributed by atoms with E-state index in [4.69, 9.17) is 14.2 Å². The SMILES string of the molecule is COCC1(C(=O)NC(C)c2ccc3c(c2)OCCCO3)CCC1. The lowest BCUT2D eigenvalue weighted by Crippen LogP contribution is -2.49. The van der Waals surface area contributed by atoms with Crippen molar-refractivity contribution in [3.63, 3.8) is 0 Å². The summed E-state index contributed by atoms with van der Waals surface area (Å²) in [5.74, 6) is 1.63. The minimum Gasteiger partial charge on any atom is -0.490 e. The Bertz CT molecular complexity index is 568. The number of carbonyl (C=O) groups is 1. The summed E-state index contributed by atoms with van der Waals surface area (Å²) in [5, 5.41) is 3.13. The van der Waals surface area contributed by atoms with Gasteiger partial charge in [-0.05, 0) is 37.5 Å². The Kier molecular flexibility index (Phi) is 4.76. The summed E-state index contributed by atoms with van der Waals surface area (Å²) in [6, 6.07) is 5.80. The van der Waals surface area contributed by atoms with E-state index < -0.39 is 0 Å². The van der Waals surface area contributed by atoms with Gasteiger partial charge in [-0.2, -0.15) is 0 Å². The van der Waals surface area contributed by atoms with Crippen molar-refractivity contribution < 1.29 is 19.0 Å². The summed E-state index contributed by atoms with van der Waals surface area (Å²) >= 11 is 0. The van der Waals surface area contributed by atoms with Crippen molar-refractivity contribution in [2.24, 2.45) is 5.41 Å². The van der Waals surface area contributed by atoms with Gasteiger partial charge in [0.05, 0.1) is 31.3 Å². The Morgan fingerprint density at radius 3 is 2.65 bits per heavy atom. The van der Waals surface area contributed by atoms with Crippen LogP contribution < -0.4 is 14.8 Å². The van der Waals surface area contributed by atoms with Crippen LogP contribution in [0.4, 0.5) is 0 Å². The summed E-state index contributed by atoms with van der Waals surface area (Å²) in [6.07, 6.45) is 3.78. The van der Waals surface area contributed by atoms with Crippen molar-refractivity contribution in [3.8, 4) is 11.5 Å². The minimum absolute atomic E-state index is 0.0750. The Balaban J connectivity index is 1.69. The van der Waals surface area contributed by atoms with Crippen molar-refractivity contribution in [1.29, 1.82) is 0 Å². The van der Waals surface area contributed by atoms with Crippen LogP contribution in [-0.2, 0) is 9.53 Å². The van der Waals surface area contributed by atoms with Crippen LogP contribution in [0.3, 0.4) is 0 Å². The molecular weight excluding hydrogens is 294 g/mol. The molecule has 1 N–H and O–H groups in total. The molecule has 5 heteroatoms. The molecule has 1 atom stereocenters. The van der Waals surface area contributed by atoms with E-state index in [1.54, 1.807) is 7.11 Å². The zero-order valence-electron chi connectivity index (χ0n) is 13.9. The number of amides is 1. The quantitative estimate of drug-likeness (QED) is 0.907. The lowest BCUT2D eigenvalue weighted by Gasteiger charge is -2.40. The smallest absolute Gasteiger partial charge is 0.229 e. The van der Waals surface area contributed by atoms with Gasteiger partial charge in [0.25, 0.3) is 0 Å². The van der Waals surface area contributed by atoms with Crippen LogP contribution in [0.2, 0.25) is 0 Å². The molecule has 23 heavy (non-hydrogen) atoms. The fraction of sp³-hybridized carbons (Fsp3) is 0.611. The Morgan fingerprint density at radius 2 is 2.00 bits per heavy atom. The zero-order valence-corrected chi connectivity index (χ0v) is 13.9. The third kappa shape index (κ3) is 3.29. The normalized spacial score (nSPS) is 20.1. The third-order valence-electron chi connectivity index (χ3n) is 4.83. The third-order valence-corrected chi connectivity index (χ3v) is 4.83. The lowest BCUT2D eigenvalue weighted by atomic mass is 9.68. The molecule has 1 fully saturated rings. The van der Waals surface area contributed by atoms with Crippen LogP contribution >= 0.6 is 0 Å². The van der Waals surface area contributed by atoms with E-state index in [2.05, 4.69) is 5.32 Å². The van der Waals surface area contributed by atoms with Crippen LogP contribution in [0.5, 0.6) is 11.5 Å². The first kappa shape index (κ1) is 16.1. The minimum atomic E-state index is -0.339. The molecule has 1 heterocycles. The molecule has 5 nitrogen and oxygen atoms in total. The molecule has 1 unspecified atom stereocenters. The van der Waals surface area contributed by atoms with E-state index in [9.17, 15) is 4.79 Å². The van der Waals surface area contributed by atoms with E-state index in [0.717, 1.165) is 42.7 Å². The number of hydrogen-bond donors (Lipinski definition) is 1. The van der Waals surface area contributed by atoms with Gasteiger partial charge in [-0.1, -0.05) is 12.5 Å². The molecule has 0 bridgehead atoms. The van der Waals surface area contributed by atoms with Crippen LogP contribution in [0.25, 0.3) is 0 Å². The maximum absolute atomic E-state index is 12.6. The van der Waals surface area contributed by atoms with E-state index in [0.29, 0.717) is 19.8 Å². The van der Waals surface area contributed by atoms with E-state index >= 15 is 0 Å². The maximum atomic E-state index is 12.6. The van der Waals surface area contributed by atoms with Gasteiger partial charge in [0.1, 0.15) is 0 Å². The molecule has 1 saturated carbocycles. The lowest BCUT2D eigenvalue weighted by molar-refractivity contribution is -0.141. The maximum Gasteiger partial charge on any atom is 0.229 e. The number of rotatable bonds is 5. The topological polar surface area (TPSA) is 56.8 Å². The predicted molar refractivity (Wildman–Crippen MR) is 86.8 cm³/mol. The Morgan fingerprint density at radius 1 is 1.26 bits per heavy atom. The van der Waals surface area contributed by atoms with Gasteiger partial charge in [-0.3, -0.25) is 4.79 Å². The van der Waals surface area contributed by atoms with Gasteiger partial charge in [-0.25, -0.2) is 0 Å². The molecule has 0 saturated heterocycles. The van der Waals surface area contributed by atoms with Crippen molar-refractivity contribution in [1.82, 2.24) is 5.32 Å². The second-order valence-electron chi connectivity index (χ2n) is 6.52. The molecule has 1 aromatic rings. The Labute approximate surface area is 137 Å². The molecule has 3 rings (SSSR count). The fourth-order valence-corrected chi connectivity index (χ4v) is 3.20. The standard InChI is InChI=1S/C18H25NO4/c1-13(19-17(20)18(12-21-2)7-3-8-18)14-5-6-15-16(11-14)23-10-4-9-22-15/h5-6,11,13H,3-4,7-10,12H2,1-2H3,(H,19,20). The molecule has 1 aromatic carbocycles. The van der Waals surface area contributed by atoms with Crippen molar-refractivity contribution in [2.45, 2.75) is 38.6 Å². The van der Waals surface area contributed by atoms with Gasteiger partial charge in [0, 0.05) is 13.5 Å². The number of nitrogens with one attached hydrogen (secondary N) is 1. The van der Waals surface area contributed by atoms with Crippen LogP contribution in [0.15, 0.2) is 18.2 Å². The Hall–Kier alpha value is -1.75. The largest absolute Gasteiger partial charge is 0.490 e. The van der Waals surface area contributed by atoms with E-state index in [1.165, 1.54) is 0 Å². The molecule has 0 spiro atoms. The fourth-order valence-electron chi connectivity index (χ4n) is 3.20. The van der Waals surface area contributed by atoms with Crippen LogP contribution in [0, 0.1) is 5.41 Å². The summed E-state index contributed by atoms with van der Waals surface area (Å²) in [7, 11) is 1.65. The van der Waals surface area contributed by atoms with Gasteiger partial charge < -0.3 is 19.5 Å². The average Bonchev–Trinajstić information content (AvgIpc) is 2.75. The highest BCUT2D eigenvalue weighted by atomic mass is 16.5. The van der Waals surface area contributed by atoms with Gasteiger partial charge in [0.2, 0.25) is 5.91 Å². The monoisotopic (exact) mass is 319 g/mol. The molecule has 2 aliphatic rings. The van der Waals surface area contributed by atoms with Crippen LogP contribution in [0.1, 0.15) is 44.2 Å². The molecular formula is C18H25NO4. The first-order valence-corrected chi connectivity index (χ1v) is 8.34. The van der Waals surface area contributed by atoms with Gasteiger partial charge in [-0.15, -0.1) is 0 Å². The van der Waals surface area contributed by atoms with Crippen LogP contribution in [-0.4, -0.2) is 32.8 Å². The molecule has 1 aliphatic carbocycles. The highest BCUT2D eigenvalue weighted by Gasteiger charge is 2.44. The van der Waals surface area contributed by atoms with E-state index in [1.807, 2.05) is 25.1 Å². The van der Waals surface area contributed by atoms with Gasteiger partial charge >= 0.3 is 0 Å². The highest BCUT2D eigenvalue weighted by Crippen LogP contribution is 2.42. The highest BCUT2D eigenvalue weighted by molar-refractivity contribution is 5.84. The molecule has 1 aliphatic heterocycles. The molecule has 0 radical (unpaired) electrons. The first-order valence-electron chi connectivity index (χ1n) is 8.34. The number of fused-ring (bicyclic) bond motifs is 1. The summed E-state index contributed by atoms with van der Waals surface area (Å²) in [5.41, 5.74) is 0.684. The van der Waals surface area contributed by atoms with Crippen molar-refractivity contribution in [3.05, 3.63) is 23.8 Å². The number of hydrogen-bond acceptors (Lipinski definition) is 4. The van der Waals surface area contributed by atoms with Crippen molar-refractivity contribution >= 4 is 5.91 Å². The number of benzene rings is 1. The summed E-state index contributed by atoms with van der Waals surface area (Å²) in [4.78, 5) is 12.6. The number of ether oxygens (including phenoxy) is 3. The zero-order chi connectivity index (χ0) is 16.3.